The Balaban J connectivity index is 3.30. The lowest BCUT2D eigenvalue weighted by molar-refractivity contribution is -0.126. The van der Waals surface area contributed by atoms with E-state index in [1.165, 1.54) is 0 Å². The Morgan fingerprint density at radius 3 is 2.29 bits per heavy atom. The van der Waals surface area contributed by atoms with Gasteiger partial charge in [-0.3, -0.25) is 9.59 Å². The highest BCUT2D eigenvalue weighted by atomic mass is 16.5. The maximum absolute atomic E-state index is 11.2. The minimum Gasteiger partial charge on any atom is -0.382 e. The molecular weight excluding hydrogens is 224 g/mol. The SMILES string of the molecule is CCCC(=O)NCCNC(=O)COCCOC. The van der Waals surface area contributed by atoms with Gasteiger partial charge in [-0.05, 0) is 6.42 Å². The lowest BCUT2D eigenvalue weighted by Crippen LogP contribution is -2.36. The lowest BCUT2D eigenvalue weighted by Gasteiger charge is -2.07. The molecule has 0 spiro atoms. The summed E-state index contributed by atoms with van der Waals surface area (Å²) in [6.07, 6.45) is 1.35. The van der Waals surface area contributed by atoms with Gasteiger partial charge >= 0.3 is 0 Å². The molecule has 0 heterocycles. The van der Waals surface area contributed by atoms with Crippen molar-refractivity contribution in [2.75, 3.05) is 40.0 Å². The fraction of sp³-hybridized carbons (Fsp3) is 0.818. The molecule has 2 amide bonds. The Hall–Kier alpha value is -1.14. The van der Waals surface area contributed by atoms with E-state index in [1.807, 2.05) is 6.92 Å². The highest BCUT2D eigenvalue weighted by molar-refractivity contribution is 5.77. The minimum absolute atomic E-state index is 0.0121. The first-order valence-electron chi connectivity index (χ1n) is 5.80. The van der Waals surface area contributed by atoms with E-state index in [-0.39, 0.29) is 18.4 Å². The Labute approximate surface area is 102 Å². The third kappa shape index (κ3) is 11.1. The predicted octanol–water partition coefficient (Wildman–Crippen LogP) is -0.318. The first kappa shape index (κ1) is 15.9. The molecule has 0 fully saturated rings. The second-order valence-electron chi connectivity index (χ2n) is 3.50. The molecule has 2 N–H and O–H groups in total. The molecule has 0 aromatic rings. The van der Waals surface area contributed by atoms with E-state index in [1.54, 1.807) is 7.11 Å². The third-order valence-electron chi connectivity index (χ3n) is 1.91. The highest BCUT2D eigenvalue weighted by Crippen LogP contribution is 1.84. The van der Waals surface area contributed by atoms with E-state index in [0.717, 1.165) is 6.42 Å². The van der Waals surface area contributed by atoms with E-state index in [2.05, 4.69) is 10.6 Å². The molecule has 0 radical (unpaired) electrons. The summed E-state index contributed by atoms with van der Waals surface area (Å²) in [5.74, 6) is -0.177. The van der Waals surface area contributed by atoms with Crippen LogP contribution < -0.4 is 10.6 Å². The molecule has 0 aromatic carbocycles. The summed E-state index contributed by atoms with van der Waals surface area (Å²) < 4.78 is 9.80. The van der Waals surface area contributed by atoms with Gasteiger partial charge in [0.1, 0.15) is 6.61 Å². The summed E-state index contributed by atoms with van der Waals surface area (Å²) >= 11 is 0. The van der Waals surface area contributed by atoms with Gasteiger partial charge in [0.2, 0.25) is 11.8 Å². The maximum atomic E-state index is 11.2. The number of methoxy groups -OCH3 is 1. The number of rotatable bonds is 10. The number of carbonyl (C=O) groups is 2. The maximum Gasteiger partial charge on any atom is 0.246 e. The van der Waals surface area contributed by atoms with Crippen molar-refractivity contribution in [2.24, 2.45) is 0 Å². The van der Waals surface area contributed by atoms with Gasteiger partial charge < -0.3 is 20.1 Å². The first-order chi connectivity index (χ1) is 8.20. The summed E-state index contributed by atoms with van der Waals surface area (Å²) in [5, 5.41) is 5.34. The molecule has 0 aromatic heterocycles. The number of hydrogen-bond donors (Lipinski definition) is 2. The van der Waals surface area contributed by atoms with E-state index in [9.17, 15) is 9.59 Å². The van der Waals surface area contributed by atoms with Crippen molar-refractivity contribution < 1.29 is 19.1 Å². The Morgan fingerprint density at radius 2 is 1.71 bits per heavy atom. The van der Waals surface area contributed by atoms with E-state index >= 15 is 0 Å². The standard InChI is InChI=1S/C11H22N2O4/c1-3-4-10(14)12-5-6-13-11(15)9-17-8-7-16-2/h3-9H2,1-2H3,(H,12,14)(H,13,15). The van der Waals surface area contributed by atoms with E-state index in [4.69, 9.17) is 9.47 Å². The second-order valence-corrected chi connectivity index (χ2v) is 3.50. The number of carbonyl (C=O) groups excluding carboxylic acids is 2. The van der Waals surface area contributed by atoms with Crippen molar-refractivity contribution in [2.45, 2.75) is 19.8 Å². The van der Waals surface area contributed by atoms with Gasteiger partial charge in [0.25, 0.3) is 0 Å². The van der Waals surface area contributed by atoms with Crippen molar-refractivity contribution in [3.05, 3.63) is 0 Å². The molecule has 0 saturated carbocycles. The van der Waals surface area contributed by atoms with Gasteiger partial charge in [-0.1, -0.05) is 6.92 Å². The first-order valence-corrected chi connectivity index (χ1v) is 5.80. The molecular formula is C11H22N2O4. The fourth-order valence-corrected chi connectivity index (χ4v) is 1.08. The minimum atomic E-state index is -0.189. The molecule has 0 rings (SSSR count). The monoisotopic (exact) mass is 246 g/mol. The number of hydrogen-bond acceptors (Lipinski definition) is 4. The van der Waals surface area contributed by atoms with Gasteiger partial charge in [-0.15, -0.1) is 0 Å². The largest absolute Gasteiger partial charge is 0.382 e. The van der Waals surface area contributed by atoms with Crippen LogP contribution in [0.2, 0.25) is 0 Å². The topological polar surface area (TPSA) is 76.7 Å². The predicted molar refractivity (Wildman–Crippen MR) is 63.6 cm³/mol. The van der Waals surface area contributed by atoms with E-state index in [0.29, 0.717) is 32.7 Å². The van der Waals surface area contributed by atoms with Crippen LogP contribution >= 0.6 is 0 Å². The van der Waals surface area contributed by atoms with Crippen LogP contribution in [0.4, 0.5) is 0 Å². The zero-order valence-corrected chi connectivity index (χ0v) is 10.6. The zero-order chi connectivity index (χ0) is 12.9. The van der Waals surface area contributed by atoms with E-state index < -0.39 is 0 Å². The molecule has 0 aliphatic rings. The number of nitrogens with one attached hydrogen (secondary N) is 2. The Kier molecular flexibility index (Phi) is 10.6. The van der Waals surface area contributed by atoms with Crippen LogP contribution in [-0.2, 0) is 19.1 Å². The van der Waals surface area contributed by atoms with Crippen molar-refractivity contribution in [1.29, 1.82) is 0 Å². The van der Waals surface area contributed by atoms with Gasteiger partial charge in [-0.25, -0.2) is 0 Å². The number of ether oxygens (including phenoxy) is 2. The fourth-order valence-electron chi connectivity index (χ4n) is 1.08. The van der Waals surface area contributed by atoms with Crippen LogP contribution in [0.3, 0.4) is 0 Å². The Bertz CT molecular complexity index is 222. The quantitative estimate of drug-likeness (QED) is 0.518. The average Bonchev–Trinajstić information content (AvgIpc) is 2.31. The molecule has 0 aliphatic heterocycles. The van der Waals surface area contributed by atoms with Crippen LogP contribution in [0.25, 0.3) is 0 Å². The summed E-state index contributed by atoms with van der Waals surface area (Å²) in [6.45, 7) is 3.70. The smallest absolute Gasteiger partial charge is 0.246 e. The van der Waals surface area contributed by atoms with Crippen LogP contribution in [-0.4, -0.2) is 51.8 Å². The summed E-state index contributed by atoms with van der Waals surface area (Å²) in [7, 11) is 1.57. The second kappa shape index (κ2) is 11.3. The molecule has 6 nitrogen and oxygen atoms in total. The molecule has 100 valence electrons. The molecule has 0 bridgehead atoms. The van der Waals surface area contributed by atoms with Gasteiger partial charge in [0, 0.05) is 26.6 Å². The average molecular weight is 246 g/mol. The molecule has 17 heavy (non-hydrogen) atoms. The molecule has 0 unspecified atom stereocenters. The summed E-state index contributed by atoms with van der Waals surface area (Å²) in [5.41, 5.74) is 0. The van der Waals surface area contributed by atoms with Crippen LogP contribution in [0.5, 0.6) is 0 Å². The third-order valence-corrected chi connectivity index (χ3v) is 1.91. The van der Waals surface area contributed by atoms with Gasteiger partial charge in [-0.2, -0.15) is 0 Å². The zero-order valence-electron chi connectivity index (χ0n) is 10.6. The van der Waals surface area contributed by atoms with Crippen molar-refractivity contribution in [3.8, 4) is 0 Å². The molecule has 0 aliphatic carbocycles. The van der Waals surface area contributed by atoms with Crippen molar-refractivity contribution >= 4 is 11.8 Å². The van der Waals surface area contributed by atoms with Gasteiger partial charge in [0.15, 0.2) is 0 Å². The van der Waals surface area contributed by atoms with Crippen LogP contribution in [0.15, 0.2) is 0 Å². The number of amides is 2. The Morgan fingerprint density at radius 1 is 1.06 bits per heavy atom. The molecule has 0 atom stereocenters. The van der Waals surface area contributed by atoms with Crippen LogP contribution in [0.1, 0.15) is 19.8 Å². The molecule has 6 heteroatoms. The van der Waals surface area contributed by atoms with Crippen LogP contribution in [0, 0.1) is 0 Å². The summed E-state index contributed by atoms with van der Waals surface area (Å²) in [6, 6.07) is 0. The lowest BCUT2D eigenvalue weighted by atomic mass is 10.3. The van der Waals surface area contributed by atoms with Crippen molar-refractivity contribution in [1.82, 2.24) is 10.6 Å². The normalized spacial score (nSPS) is 10.0. The van der Waals surface area contributed by atoms with Crippen molar-refractivity contribution in [3.63, 3.8) is 0 Å². The highest BCUT2D eigenvalue weighted by Gasteiger charge is 2.01. The van der Waals surface area contributed by atoms with Gasteiger partial charge in [0.05, 0.1) is 13.2 Å². The summed E-state index contributed by atoms with van der Waals surface area (Å²) in [4.78, 5) is 22.3. The molecule has 0 saturated heterocycles.